The van der Waals surface area contributed by atoms with E-state index in [9.17, 15) is 0 Å². The highest BCUT2D eigenvalue weighted by molar-refractivity contribution is 5.78. The van der Waals surface area contributed by atoms with Crippen molar-refractivity contribution in [3.63, 3.8) is 0 Å². The van der Waals surface area contributed by atoms with Crippen LogP contribution in [0.5, 0.6) is 0 Å². The molecule has 0 spiro atoms. The molecule has 0 bridgehead atoms. The lowest BCUT2D eigenvalue weighted by atomic mass is 9.95. The maximum Gasteiger partial charge on any atom is 0.230 e. The van der Waals surface area contributed by atoms with Crippen molar-refractivity contribution in [3.05, 3.63) is 35.0 Å². The Hall–Kier alpha value is -1.77. The van der Waals surface area contributed by atoms with E-state index in [1.165, 1.54) is 11.1 Å². The Kier molecular flexibility index (Phi) is 2.92. The van der Waals surface area contributed by atoms with Crippen molar-refractivity contribution in [3.8, 4) is 11.1 Å². The molecule has 0 saturated heterocycles. The molecule has 0 fully saturated rings. The summed E-state index contributed by atoms with van der Waals surface area (Å²) in [6, 6.07) is 6.32. The molecule has 17 heavy (non-hydrogen) atoms. The molecule has 2 N–H and O–H groups in total. The summed E-state index contributed by atoms with van der Waals surface area (Å²) in [6.07, 6.45) is 0. The van der Waals surface area contributed by atoms with Crippen LogP contribution in [0.2, 0.25) is 0 Å². The summed E-state index contributed by atoms with van der Waals surface area (Å²) < 4.78 is 5.13. The lowest BCUT2D eigenvalue weighted by molar-refractivity contribution is 0.424. The number of nitrogen functional groups attached to an aromatic ring is 1. The summed E-state index contributed by atoms with van der Waals surface area (Å²) in [5, 5.41) is 4.06. The van der Waals surface area contributed by atoms with Gasteiger partial charge in [-0.05, 0) is 30.9 Å². The molecule has 3 nitrogen and oxygen atoms in total. The molecule has 0 aliphatic carbocycles. The van der Waals surface area contributed by atoms with Gasteiger partial charge in [0.1, 0.15) is 0 Å². The second-order valence-corrected chi connectivity index (χ2v) is 4.78. The van der Waals surface area contributed by atoms with Crippen LogP contribution in [0.3, 0.4) is 0 Å². The number of nitrogens with zero attached hydrogens (tertiary/aromatic N) is 1. The van der Waals surface area contributed by atoms with E-state index in [2.05, 4.69) is 51.1 Å². The van der Waals surface area contributed by atoms with Crippen LogP contribution in [0.15, 0.2) is 22.7 Å². The quantitative estimate of drug-likeness (QED) is 0.856. The minimum atomic E-state index is 0.297. The fraction of sp³-hybridized carbons (Fsp3) is 0.357. The third kappa shape index (κ3) is 2.05. The maximum absolute atomic E-state index is 5.90. The summed E-state index contributed by atoms with van der Waals surface area (Å²) >= 11 is 0. The van der Waals surface area contributed by atoms with Gasteiger partial charge < -0.3 is 10.3 Å². The van der Waals surface area contributed by atoms with Crippen LogP contribution < -0.4 is 5.73 Å². The standard InChI is InChI=1S/C14H18N2O/c1-8(2)13-12(14(15)17-16-13)11-7-9(3)5-6-10(11)4/h5-8H,15H2,1-4H3. The molecule has 90 valence electrons. The molecule has 1 heterocycles. The highest BCUT2D eigenvalue weighted by Crippen LogP contribution is 2.35. The third-order valence-electron chi connectivity index (χ3n) is 2.95. The Morgan fingerprint density at radius 1 is 1.24 bits per heavy atom. The van der Waals surface area contributed by atoms with Crippen molar-refractivity contribution >= 4 is 5.88 Å². The smallest absolute Gasteiger partial charge is 0.230 e. The number of rotatable bonds is 2. The van der Waals surface area contributed by atoms with Gasteiger partial charge in [-0.1, -0.05) is 42.8 Å². The normalized spacial score (nSPS) is 11.1. The van der Waals surface area contributed by atoms with Gasteiger partial charge in [-0.15, -0.1) is 0 Å². The first-order chi connectivity index (χ1) is 8.00. The van der Waals surface area contributed by atoms with Crippen molar-refractivity contribution in [2.75, 3.05) is 5.73 Å². The van der Waals surface area contributed by atoms with Gasteiger partial charge >= 0.3 is 0 Å². The minimum absolute atomic E-state index is 0.297. The highest BCUT2D eigenvalue weighted by atomic mass is 16.5. The second-order valence-electron chi connectivity index (χ2n) is 4.78. The molecule has 0 radical (unpaired) electrons. The lowest BCUT2D eigenvalue weighted by Gasteiger charge is -2.09. The van der Waals surface area contributed by atoms with Gasteiger partial charge in [0.15, 0.2) is 0 Å². The topological polar surface area (TPSA) is 52.0 Å². The second kappa shape index (κ2) is 4.24. The molecule has 0 amide bonds. The molecule has 3 heteroatoms. The Labute approximate surface area is 102 Å². The largest absolute Gasteiger partial charge is 0.367 e. The molecule has 0 unspecified atom stereocenters. The number of aryl methyl sites for hydroxylation is 2. The van der Waals surface area contributed by atoms with Crippen LogP contribution in [0.1, 0.15) is 36.6 Å². The van der Waals surface area contributed by atoms with Gasteiger partial charge in [-0.3, -0.25) is 0 Å². The zero-order valence-electron chi connectivity index (χ0n) is 10.7. The van der Waals surface area contributed by atoms with E-state index < -0.39 is 0 Å². The van der Waals surface area contributed by atoms with Gasteiger partial charge in [0.05, 0.1) is 11.3 Å². The predicted octanol–water partition coefficient (Wildman–Crippen LogP) is 3.66. The zero-order chi connectivity index (χ0) is 12.6. The fourth-order valence-electron chi connectivity index (χ4n) is 1.99. The third-order valence-corrected chi connectivity index (χ3v) is 2.95. The summed E-state index contributed by atoms with van der Waals surface area (Å²) in [5.41, 5.74) is 11.3. The van der Waals surface area contributed by atoms with Gasteiger partial charge in [0.2, 0.25) is 5.88 Å². The van der Waals surface area contributed by atoms with E-state index in [4.69, 9.17) is 10.3 Å². The molecule has 0 saturated carbocycles. The molecule has 2 aromatic rings. The summed E-state index contributed by atoms with van der Waals surface area (Å²) in [4.78, 5) is 0. The number of aromatic nitrogens is 1. The monoisotopic (exact) mass is 230 g/mol. The first-order valence-electron chi connectivity index (χ1n) is 5.83. The van der Waals surface area contributed by atoms with Crippen LogP contribution in [0, 0.1) is 13.8 Å². The Morgan fingerprint density at radius 2 is 1.94 bits per heavy atom. The number of benzene rings is 1. The van der Waals surface area contributed by atoms with Crippen molar-refractivity contribution in [1.82, 2.24) is 5.16 Å². The Morgan fingerprint density at radius 3 is 2.59 bits per heavy atom. The number of hydrogen-bond donors (Lipinski definition) is 1. The van der Waals surface area contributed by atoms with E-state index in [1.54, 1.807) is 0 Å². The van der Waals surface area contributed by atoms with E-state index in [0.29, 0.717) is 11.8 Å². The Bertz CT molecular complexity index is 541. The van der Waals surface area contributed by atoms with Gasteiger partial charge in [0, 0.05) is 0 Å². The average Bonchev–Trinajstić information content (AvgIpc) is 2.64. The highest BCUT2D eigenvalue weighted by Gasteiger charge is 2.19. The lowest BCUT2D eigenvalue weighted by Crippen LogP contribution is -1.95. The van der Waals surface area contributed by atoms with Crippen LogP contribution >= 0.6 is 0 Å². The molecule has 0 aliphatic heterocycles. The summed E-state index contributed by atoms with van der Waals surface area (Å²) in [5.74, 6) is 0.702. The SMILES string of the molecule is Cc1ccc(C)c(-c2c(C(C)C)noc2N)c1. The van der Waals surface area contributed by atoms with E-state index in [1.807, 2.05) is 0 Å². The number of anilines is 1. The van der Waals surface area contributed by atoms with E-state index >= 15 is 0 Å². The van der Waals surface area contributed by atoms with Crippen LogP contribution in [0.4, 0.5) is 5.88 Å². The van der Waals surface area contributed by atoms with Crippen LogP contribution in [-0.4, -0.2) is 5.16 Å². The average molecular weight is 230 g/mol. The summed E-state index contributed by atoms with van der Waals surface area (Å²) in [6.45, 7) is 8.32. The van der Waals surface area contributed by atoms with Gasteiger partial charge in [-0.2, -0.15) is 0 Å². The number of hydrogen-bond acceptors (Lipinski definition) is 3. The van der Waals surface area contributed by atoms with Gasteiger partial charge in [0.25, 0.3) is 0 Å². The number of nitrogens with two attached hydrogens (primary N) is 1. The molecule has 2 rings (SSSR count). The van der Waals surface area contributed by atoms with Crippen molar-refractivity contribution in [1.29, 1.82) is 0 Å². The fourth-order valence-corrected chi connectivity index (χ4v) is 1.99. The van der Waals surface area contributed by atoms with Crippen molar-refractivity contribution in [2.24, 2.45) is 0 Å². The first-order valence-corrected chi connectivity index (χ1v) is 5.83. The molecular weight excluding hydrogens is 212 g/mol. The summed E-state index contributed by atoms with van der Waals surface area (Å²) in [7, 11) is 0. The predicted molar refractivity (Wildman–Crippen MR) is 69.9 cm³/mol. The molecule has 0 atom stereocenters. The molecule has 0 aliphatic rings. The van der Waals surface area contributed by atoms with E-state index in [-0.39, 0.29) is 0 Å². The Balaban J connectivity index is 2.67. The molecule has 1 aromatic carbocycles. The minimum Gasteiger partial charge on any atom is -0.367 e. The van der Waals surface area contributed by atoms with Gasteiger partial charge in [-0.25, -0.2) is 0 Å². The van der Waals surface area contributed by atoms with Crippen molar-refractivity contribution < 1.29 is 4.52 Å². The van der Waals surface area contributed by atoms with Crippen LogP contribution in [0.25, 0.3) is 11.1 Å². The molecule has 1 aromatic heterocycles. The van der Waals surface area contributed by atoms with E-state index in [0.717, 1.165) is 16.8 Å². The first kappa shape index (κ1) is 11.7. The maximum atomic E-state index is 5.90. The zero-order valence-corrected chi connectivity index (χ0v) is 10.7. The van der Waals surface area contributed by atoms with Crippen LogP contribution in [-0.2, 0) is 0 Å². The van der Waals surface area contributed by atoms with Crippen molar-refractivity contribution in [2.45, 2.75) is 33.6 Å². The molecular formula is C14H18N2O.